The first-order valence-electron chi connectivity index (χ1n) is 8.76. The van der Waals surface area contributed by atoms with Gasteiger partial charge >= 0.3 is 0 Å². The van der Waals surface area contributed by atoms with E-state index in [2.05, 4.69) is 15.9 Å². The van der Waals surface area contributed by atoms with Gasteiger partial charge in [-0.25, -0.2) is 0 Å². The van der Waals surface area contributed by atoms with Crippen molar-refractivity contribution in [2.75, 3.05) is 0 Å². The quantitative estimate of drug-likeness (QED) is 0.591. The van der Waals surface area contributed by atoms with Crippen LogP contribution >= 0.6 is 27.7 Å². The molecular formula is C21H17BrNO5S-. The number of imide groups is 1. The maximum atomic E-state index is 12.5. The molecule has 1 aliphatic rings. The van der Waals surface area contributed by atoms with Gasteiger partial charge in [-0.2, -0.15) is 0 Å². The second kappa shape index (κ2) is 8.84. The molecule has 0 radical (unpaired) electrons. The minimum atomic E-state index is -1.23. The number of carbonyl (C=O) groups is 3. The number of halogens is 1. The van der Waals surface area contributed by atoms with Crippen LogP contribution in [0.15, 0.2) is 51.8 Å². The van der Waals surface area contributed by atoms with E-state index in [1.807, 2.05) is 6.07 Å². The molecule has 0 bridgehead atoms. The van der Waals surface area contributed by atoms with Gasteiger partial charge in [-0.05, 0) is 61.0 Å². The Balaban J connectivity index is 1.82. The summed E-state index contributed by atoms with van der Waals surface area (Å²) in [7, 11) is 0. The van der Waals surface area contributed by atoms with Crippen LogP contribution in [0.3, 0.4) is 0 Å². The number of rotatable bonds is 6. The van der Waals surface area contributed by atoms with Crippen LogP contribution in [0.5, 0.6) is 5.75 Å². The fourth-order valence-corrected chi connectivity index (χ4v) is 4.06. The predicted molar refractivity (Wildman–Crippen MR) is 112 cm³/mol. The maximum Gasteiger partial charge on any atom is 0.293 e. The molecule has 2 aromatic rings. The molecule has 8 heteroatoms. The van der Waals surface area contributed by atoms with Gasteiger partial charge in [-0.3, -0.25) is 14.5 Å². The van der Waals surface area contributed by atoms with E-state index < -0.39 is 5.97 Å². The van der Waals surface area contributed by atoms with Crippen molar-refractivity contribution in [1.82, 2.24) is 4.90 Å². The van der Waals surface area contributed by atoms with Crippen molar-refractivity contribution in [2.24, 2.45) is 0 Å². The van der Waals surface area contributed by atoms with Crippen molar-refractivity contribution in [3.05, 3.63) is 68.5 Å². The summed E-state index contributed by atoms with van der Waals surface area (Å²) in [5.41, 5.74) is 1.53. The number of thioether (sulfide) groups is 1. The zero-order valence-corrected chi connectivity index (χ0v) is 18.1. The Bertz CT molecular complexity index is 1000. The van der Waals surface area contributed by atoms with E-state index in [1.54, 1.807) is 44.2 Å². The molecule has 2 amide bonds. The molecular weight excluding hydrogens is 458 g/mol. The Labute approximate surface area is 180 Å². The molecule has 1 fully saturated rings. The minimum absolute atomic E-state index is 0.0963. The Kier molecular flexibility index (Phi) is 6.44. The van der Waals surface area contributed by atoms with Crippen molar-refractivity contribution >= 4 is 50.9 Å². The highest BCUT2D eigenvalue weighted by molar-refractivity contribution is 9.10. The molecule has 0 saturated carbocycles. The van der Waals surface area contributed by atoms with E-state index in [1.165, 1.54) is 17.0 Å². The van der Waals surface area contributed by atoms with Crippen LogP contribution in [0, 0.1) is 0 Å². The van der Waals surface area contributed by atoms with Crippen molar-refractivity contribution in [3.63, 3.8) is 0 Å². The molecule has 3 rings (SSSR count). The second-order valence-electron chi connectivity index (χ2n) is 6.60. The highest BCUT2D eigenvalue weighted by Gasteiger charge is 2.36. The van der Waals surface area contributed by atoms with Crippen LogP contribution < -0.4 is 9.84 Å². The van der Waals surface area contributed by atoms with Crippen LogP contribution in [0.1, 0.15) is 35.3 Å². The molecule has 0 aromatic heterocycles. The average Bonchev–Trinajstić information content (AvgIpc) is 2.94. The lowest BCUT2D eigenvalue weighted by Gasteiger charge is -2.16. The summed E-state index contributed by atoms with van der Waals surface area (Å²) in [6, 6.07) is 11.4. The zero-order chi connectivity index (χ0) is 21.1. The highest BCUT2D eigenvalue weighted by atomic mass is 79.9. The number of hydrogen-bond acceptors (Lipinski definition) is 6. The Hall–Kier alpha value is -2.58. The lowest BCUT2D eigenvalue weighted by atomic mass is 10.1. The van der Waals surface area contributed by atoms with Gasteiger partial charge in [0.15, 0.2) is 0 Å². The summed E-state index contributed by atoms with van der Waals surface area (Å²) in [4.78, 5) is 37.0. The molecule has 0 unspecified atom stereocenters. The third-order valence-corrected chi connectivity index (χ3v) is 5.56. The van der Waals surface area contributed by atoms with E-state index in [9.17, 15) is 19.5 Å². The highest BCUT2D eigenvalue weighted by Crippen LogP contribution is 2.36. The molecule has 6 nitrogen and oxygen atoms in total. The van der Waals surface area contributed by atoms with E-state index in [4.69, 9.17) is 4.74 Å². The largest absolute Gasteiger partial charge is 0.545 e. The number of carbonyl (C=O) groups excluding carboxylic acids is 3. The molecule has 1 aliphatic heterocycles. The van der Waals surface area contributed by atoms with Gasteiger partial charge in [0.1, 0.15) is 12.4 Å². The number of aromatic carboxylic acids is 1. The van der Waals surface area contributed by atoms with Gasteiger partial charge < -0.3 is 14.6 Å². The van der Waals surface area contributed by atoms with Gasteiger partial charge in [0, 0.05) is 16.1 Å². The molecule has 0 spiro atoms. The number of carboxylic acid groups (broad SMARTS) is 1. The molecule has 0 atom stereocenters. The number of nitrogens with zero attached hydrogens (tertiary/aromatic N) is 1. The first-order valence-corrected chi connectivity index (χ1v) is 10.4. The van der Waals surface area contributed by atoms with Crippen molar-refractivity contribution in [1.29, 1.82) is 0 Å². The number of carboxylic acids is 1. The fourth-order valence-electron chi connectivity index (χ4n) is 2.73. The van der Waals surface area contributed by atoms with Crippen LogP contribution in [0.4, 0.5) is 4.79 Å². The van der Waals surface area contributed by atoms with Gasteiger partial charge in [0.05, 0.1) is 10.9 Å². The standard InChI is InChI=1S/C21H18BrNO5S/c1-12(2)23-19(24)18(29-21(23)27)10-15-9-16(22)7-8-17(15)28-11-13-3-5-14(6-4-13)20(25)26/h3-10,12H,11H2,1-2H3,(H,25,26)/p-1/b18-10-. The summed E-state index contributed by atoms with van der Waals surface area (Å²) >= 11 is 4.31. The molecule has 0 N–H and O–H groups in total. The Morgan fingerprint density at radius 1 is 1.21 bits per heavy atom. The van der Waals surface area contributed by atoms with Crippen LogP contribution in [-0.2, 0) is 11.4 Å². The number of benzene rings is 2. The van der Waals surface area contributed by atoms with Crippen LogP contribution in [-0.4, -0.2) is 28.1 Å². The van der Waals surface area contributed by atoms with Crippen LogP contribution in [0.25, 0.3) is 6.08 Å². The normalized spacial score (nSPS) is 15.4. The van der Waals surface area contributed by atoms with Gasteiger partial charge in [0.25, 0.3) is 11.1 Å². The first kappa shape index (κ1) is 21.1. The number of amides is 2. The van der Waals surface area contributed by atoms with Gasteiger partial charge in [-0.1, -0.05) is 40.2 Å². The van der Waals surface area contributed by atoms with Crippen molar-refractivity contribution in [3.8, 4) is 5.75 Å². The minimum Gasteiger partial charge on any atom is -0.545 e. The number of ether oxygens (including phenoxy) is 1. The maximum absolute atomic E-state index is 12.5. The average molecular weight is 475 g/mol. The van der Waals surface area contributed by atoms with Crippen molar-refractivity contribution < 1.29 is 24.2 Å². The number of hydrogen-bond donors (Lipinski definition) is 0. The Morgan fingerprint density at radius 2 is 1.90 bits per heavy atom. The van der Waals surface area contributed by atoms with Gasteiger partial charge in [0.2, 0.25) is 0 Å². The SMILES string of the molecule is CC(C)N1C(=O)S/C(=C\c2cc(Br)ccc2OCc2ccc(C(=O)[O-])cc2)C1=O. The molecule has 2 aromatic carbocycles. The first-order chi connectivity index (χ1) is 13.8. The molecule has 1 heterocycles. The molecule has 1 saturated heterocycles. The van der Waals surface area contributed by atoms with E-state index in [0.717, 1.165) is 21.8 Å². The predicted octanol–water partition coefficient (Wildman–Crippen LogP) is 3.84. The van der Waals surface area contributed by atoms with Crippen molar-refractivity contribution in [2.45, 2.75) is 26.5 Å². The molecule has 29 heavy (non-hydrogen) atoms. The fraction of sp³-hybridized carbons (Fsp3) is 0.190. The van der Waals surface area contributed by atoms with E-state index in [-0.39, 0.29) is 29.4 Å². The second-order valence-corrected chi connectivity index (χ2v) is 8.51. The zero-order valence-electron chi connectivity index (χ0n) is 15.7. The van der Waals surface area contributed by atoms with E-state index >= 15 is 0 Å². The lowest BCUT2D eigenvalue weighted by Crippen LogP contribution is -2.34. The smallest absolute Gasteiger partial charge is 0.293 e. The third kappa shape index (κ3) is 4.89. The van der Waals surface area contributed by atoms with Crippen LogP contribution in [0.2, 0.25) is 0 Å². The van der Waals surface area contributed by atoms with Gasteiger partial charge in [-0.15, -0.1) is 0 Å². The summed E-state index contributed by atoms with van der Waals surface area (Å²) in [5.74, 6) is -1.02. The summed E-state index contributed by atoms with van der Waals surface area (Å²) in [6.07, 6.45) is 1.65. The summed E-state index contributed by atoms with van der Waals surface area (Å²) in [6.45, 7) is 3.79. The molecule has 0 aliphatic carbocycles. The summed E-state index contributed by atoms with van der Waals surface area (Å²) in [5, 5.41) is 10.5. The summed E-state index contributed by atoms with van der Waals surface area (Å²) < 4.78 is 6.68. The lowest BCUT2D eigenvalue weighted by molar-refractivity contribution is -0.255. The van der Waals surface area contributed by atoms with E-state index in [0.29, 0.717) is 16.2 Å². The third-order valence-electron chi connectivity index (χ3n) is 4.18. The monoisotopic (exact) mass is 474 g/mol. The topological polar surface area (TPSA) is 86.7 Å². The Morgan fingerprint density at radius 3 is 2.48 bits per heavy atom. The molecule has 150 valence electrons.